The molecule has 0 spiro atoms. The molecule has 2 heterocycles. The Bertz CT molecular complexity index is 706. The Kier molecular flexibility index (Phi) is 5.09. The fourth-order valence-corrected chi connectivity index (χ4v) is 3.86. The first-order valence-corrected chi connectivity index (χ1v) is 9.54. The van der Waals surface area contributed by atoms with Crippen LogP contribution in [0.15, 0.2) is 36.7 Å². The highest BCUT2D eigenvalue weighted by atomic mass is 16.5. The Morgan fingerprint density at radius 2 is 1.65 bits per heavy atom. The van der Waals surface area contributed by atoms with E-state index in [-0.39, 0.29) is 0 Å². The second kappa shape index (κ2) is 7.81. The van der Waals surface area contributed by atoms with E-state index in [1.165, 1.54) is 31.4 Å². The van der Waals surface area contributed by atoms with Gasteiger partial charge >= 0.3 is 0 Å². The molecule has 1 aromatic carbocycles. The lowest BCUT2D eigenvalue weighted by Crippen LogP contribution is -2.46. The van der Waals surface area contributed by atoms with E-state index in [1.54, 1.807) is 13.4 Å². The average molecular weight is 353 g/mol. The van der Waals surface area contributed by atoms with Crippen molar-refractivity contribution in [2.45, 2.75) is 31.7 Å². The summed E-state index contributed by atoms with van der Waals surface area (Å²) in [5.74, 6) is 2.88. The fraction of sp³-hybridized carbons (Fsp3) is 0.500. The predicted octanol–water partition coefficient (Wildman–Crippen LogP) is 3.17. The summed E-state index contributed by atoms with van der Waals surface area (Å²) in [6, 6.07) is 11.0. The van der Waals surface area contributed by atoms with Gasteiger partial charge in [0.05, 0.1) is 7.11 Å². The quantitative estimate of drug-likeness (QED) is 0.891. The number of piperazine rings is 1. The van der Waals surface area contributed by atoms with E-state index in [0.717, 1.165) is 43.6 Å². The van der Waals surface area contributed by atoms with Gasteiger partial charge in [-0.1, -0.05) is 12.8 Å². The molecule has 2 aliphatic rings. The number of hydrogen-bond donors (Lipinski definition) is 1. The highest BCUT2D eigenvalue weighted by Gasteiger charge is 2.20. The summed E-state index contributed by atoms with van der Waals surface area (Å²) in [6.45, 7) is 3.90. The fourth-order valence-electron chi connectivity index (χ4n) is 3.86. The maximum Gasteiger partial charge on any atom is 0.134 e. The zero-order valence-corrected chi connectivity index (χ0v) is 15.4. The molecule has 1 aliphatic carbocycles. The van der Waals surface area contributed by atoms with E-state index in [4.69, 9.17) is 4.74 Å². The summed E-state index contributed by atoms with van der Waals surface area (Å²) in [4.78, 5) is 13.7. The van der Waals surface area contributed by atoms with Crippen molar-refractivity contribution in [2.24, 2.45) is 0 Å². The van der Waals surface area contributed by atoms with Crippen LogP contribution in [0.25, 0.3) is 0 Å². The Hall–Kier alpha value is -2.50. The van der Waals surface area contributed by atoms with Gasteiger partial charge < -0.3 is 19.9 Å². The standard InChI is InChI=1S/C20H27N5O/c1-26-18-8-6-17(7-9-18)24-10-12-25(13-11-24)20-14-19(21-15-22-20)23-16-4-2-3-5-16/h6-9,14-16H,2-5,10-13H2,1H3,(H,21,22,23). The van der Waals surface area contributed by atoms with Crippen molar-refractivity contribution in [1.82, 2.24) is 9.97 Å². The first-order chi connectivity index (χ1) is 12.8. The molecule has 0 amide bonds. The first kappa shape index (κ1) is 16.9. The van der Waals surface area contributed by atoms with E-state index < -0.39 is 0 Å². The van der Waals surface area contributed by atoms with E-state index in [0.29, 0.717) is 6.04 Å². The molecule has 0 radical (unpaired) electrons. The number of aromatic nitrogens is 2. The van der Waals surface area contributed by atoms with Gasteiger partial charge in [-0.3, -0.25) is 0 Å². The van der Waals surface area contributed by atoms with Crippen LogP contribution in [0.4, 0.5) is 17.3 Å². The highest BCUT2D eigenvalue weighted by molar-refractivity contribution is 5.53. The molecule has 1 saturated carbocycles. The van der Waals surface area contributed by atoms with Crippen LogP contribution < -0.4 is 19.9 Å². The molecular formula is C20H27N5O. The highest BCUT2D eigenvalue weighted by Crippen LogP contribution is 2.24. The van der Waals surface area contributed by atoms with Crippen molar-refractivity contribution < 1.29 is 4.74 Å². The number of ether oxygens (including phenoxy) is 1. The summed E-state index contributed by atoms with van der Waals surface area (Å²) in [7, 11) is 1.70. The van der Waals surface area contributed by atoms with Crippen LogP contribution in [-0.4, -0.2) is 49.3 Å². The lowest BCUT2D eigenvalue weighted by molar-refractivity contribution is 0.415. The number of hydrogen-bond acceptors (Lipinski definition) is 6. The van der Waals surface area contributed by atoms with E-state index >= 15 is 0 Å². The molecule has 138 valence electrons. The van der Waals surface area contributed by atoms with Gasteiger partial charge in [0.1, 0.15) is 23.7 Å². The maximum absolute atomic E-state index is 5.24. The van der Waals surface area contributed by atoms with Crippen molar-refractivity contribution in [1.29, 1.82) is 0 Å². The van der Waals surface area contributed by atoms with Gasteiger partial charge in [0.15, 0.2) is 0 Å². The molecule has 26 heavy (non-hydrogen) atoms. The number of benzene rings is 1. The lowest BCUT2D eigenvalue weighted by Gasteiger charge is -2.36. The molecule has 0 atom stereocenters. The van der Waals surface area contributed by atoms with Crippen LogP contribution >= 0.6 is 0 Å². The number of nitrogens with one attached hydrogen (secondary N) is 1. The van der Waals surface area contributed by atoms with Crippen LogP contribution in [0, 0.1) is 0 Å². The summed E-state index contributed by atoms with van der Waals surface area (Å²) in [5, 5.41) is 3.57. The van der Waals surface area contributed by atoms with Crippen molar-refractivity contribution in [2.75, 3.05) is 48.4 Å². The third-order valence-electron chi connectivity index (χ3n) is 5.40. The van der Waals surface area contributed by atoms with Crippen molar-refractivity contribution in [3.63, 3.8) is 0 Å². The van der Waals surface area contributed by atoms with Crippen LogP contribution in [0.5, 0.6) is 5.75 Å². The van der Waals surface area contributed by atoms with E-state index in [1.807, 2.05) is 12.1 Å². The minimum absolute atomic E-state index is 0.574. The molecule has 2 aromatic rings. The van der Waals surface area contributed by atoms with Gasteiger partial charge in [0.25, 0.3) is 0 Å². The molecule has 6 heteroatoms. The lowest BCUT2D eigenvalue weighted by atomic mass is 10.2. The number of methoxy groups -OCH3 is 1. The van der Waals surface area contributed by atoms with Gasteiger partial charge in [-0.25, -0.2) is 9.97 Å². The summed E-state index contributed by atoms with van der Waals surface area (Å²) < 4.78 is 5.24. The van der Waals surface area contributed by atoms with Crippen LogP contribution in [0.2, 0.25) is 0 Å². The molecule has 1 aliphatic heterocycles. The Balaban J connectivity index is 1.36. The van der Waals surface area contributed by atoms with E-state index in [9.17, 15) is 0 Å². The van der Waals surface area contributed by atoms with Crippen LogP contribution in [-0.2, 0) is 0 Å². The minimum Gasteiger partial charge on any atom is -0.497 e. The van der Waals surface area contributed by atoms with Gasteiger partial charge in [-0.15, -0.1) is 0 Å². The number of anilines is 3. The Morgan fingerprint density at radius 1 is 0.962 bits per heavy atom. The Labute approximate surface area is 155 Å². The summed E-state index contributed by atoms with van der Waals surface area (Å²) >= 11 is 0. The van der Waals surface area contributed by atoms with Gasteiger partial charge in [-0.2, -0.15) is 0 Å². The minimum atomic E-state index is 0.574. The first-order valence-electron chi connectivity index (χ1n) is 9.54. The maximum atomic E-state index is 5.24. The molecule has 1 saturated heterocycles. The number of rotatable bonds is 5. The molecule has 4 rings (SSSR count). The molecule has 1 aromatic heterocycles. The predicted molar refractivity (Wildman–Crippen MR) is 105 cm³/mol. The van der Waals surface area contributed by atoms with Crippen LogP contribution in [0.3, 0.4) is 0 Å². The van der Waals surface area contributed by atoms with Gasteiger partial charge in [-0.05, 0) is 37.1 Å². The summed E-state index contributed by atoms with van der Waals surface area (Å²) in [5.41, 5.74) is 1.25. The van der Waals surface area contributed by atoms with Crippen molar-refractivity contribution >= 4 is 17.3 Å². The van der Waals surface area contributed by atoms with Crippen molar-refractivity contribution in [3.05, 3.63) is 36.7 Å². The SMILES string of the molecule is COc1ccc(N2CCN(c3cc(NC4CCCC4)ncn3)CC2)cc1. The topological polar surface area (TPSA) is 53.5 Å². The third-order valence-corrected chi connectivity index (χ3v) is 5.40. The number of nitrogens with zero attached hydrogens (tertiary/aromatic N) is 4. The zero-order chi connectivity index (χ0) is 17.8. The summed E-state index contributed by atoms with van der Waals surface area (Å²) in [6.07, 6.45) is 6.83. The van der Waals surface area contributed by atoms with Crippen molar-refractivity contribution in [3.8, 4) is 5.75 Å². The molecule has 1 N–H and O–H groups in total. The second-order valence-electron chi connectivity index (χ2n) is 7.06. The largest absolute Gasteiger partial charge is 0.497 e. The average Bonchev–Trinajstić information content (AvgIpc) is 3.21. The van der Waals surface area contributed by atoms with Gasteiger partial charge in [0.2, 0.25) is 0 Å². The smallest absolute Gasteiger partial charge is 0.134 e. The van der Waals surface area contributed by atoms with Gasteiger partial charge in [0, 0.05) is 44.0 Å². The van der Waals surface area contributed by atoms with E-state index in [2.05, 4.69) is 43.3 Å². The molecule has 0 unspecified atom stereocenters. The molecular weight excluding hydrogens is 326 g/mol. The third kappa shape index (κ3) is 3.84. The Morgan fingerprint density at radius 3 is 2.35 bits per heavy atom. The monoisotopic (exact) mass is 353 g/mol. The molecule has 0 bridgehead atoms. The van der Waals surface area contributed by atoms with Crippen LogP contribution in [0.1, 0.15) is 25.7 Å². The molecule has 6 nitrogen and oxygen atoms in total. The zero-order valence-electron chi connectivity index (χ0n) is 15.4. The molecule has 2 fully saturated rings. The second-order valence-corrected chi connectivity index (χ2v) is 7.06. The normalized spacial score (nSPS) is 18.2.